The summed E-state index contributed by atoms with van der Waals surface area (Å²) in [5.41, 5.74) is 8.95. The maximum Gasteiger partial charge on any atom is 0.481 e. The van der Waals surface area contributed by atoms with E-state index in [-0.39, 0.29) is 11.6 Å². The van der Waals surface area contributed by atoms with Gasteiger partial charge in [-0.3, -0.25) is 18.2 Å². The molecule has 0 saturated carbocycles. The molecule has 4 heterocycles. The SMILES string of the molecule is Nc1ccn([C@H]2O[C@@H](COP(=O)(O)OP(=O)(O)OC[C@@H]3O[C@H](n4ccc(N)nc4=O)[C@@H](O)[C@H]3O)[C@H](O)[C@@H]2O)c(=O)n1. The number of hydrogen-bond acceptors (Lipinski definition) is 17. The molecule has 0 spiro atoms. The van der Waals surface area contributed by atoms with Crippen molar-refractivity contribution in [3.8, 4) is 0 Å². The van der Waals surface area contributed by atoms with Crippen molar-refractivity contribution in [3.63, 3.8) is 0 Å². The van der Waals surface area contributed by atoms with Gasteiger partial charge in [0.1, 0.15) is 48.3 Å². The first kappa shape index (κ1) is 31.3. The molecule has 10 atom stereocenters. The second-order valence-electron chi connectivity index (χ2n) is 8.79. The van der Waals surface area contributed by atoms with Crippen LogP contribution >= 0.6 is 15.6 Å². The van der Waals surface area contributed by atoms with Gasteiger partial charge in [0.05, 0.1) is 13.2 Å². The van der Waals surface area contributed by atoms with Gasteiger partial charge in [0, 0.05) is 12.4 Å². The molecule has 21 nitrogen and oxygen atoms in total. The quantitative estimate of drug-likeness (QED) is 0.117. The molecule has 2 aliphatic heterocycles. The fourth-order valence-corrected chi connectivity index (χ4v) is 6.04. The number of ether oxygens (including phenoxy) is 2. The van der Waals surface area contributed by atoms with Crippen molar-refractivity contribution in [2.24, 2.45) is 0 Å². The van der Waals surface area contributed by atoms with Crippen molar-refractivity contribution in [2.75, 3.05) is 24.7 Å². The fraction of sp³-hybridized carbons (Fsp3) is 0.556. The standard InChI is InChI=1S/C18H26N6O15P2/c19-9-1-3-23(17(29)21-9)15-13(27)11(25)7(37-15)5-35-40(31,32)39-41(33,34)36-6-8-12(26)14(28)16(38-8)24-4-2-10(20)22-18(24)30/h1-4,7-8,11-16,25-28H,5-6H2,(H,31,32)(H,33,34)(H2,19,21,29)(H2,20,22,30)/t7-,8-,11-,12-,13-,14-,15-,16-/m0/s1. The van der Waals surface area contributed by atoms with Crippen molar-refractivity contribution in [1.82, 2.24) is 19.1 Å². The van der Waals surface area contributed by atoms with Crippen LogP contribution in [0.15, 0.2) is 34.1 Å². The summed E-state index contributed by atoms with van der Waals surface area (Å²) in [5, 5.41) is 40.9. The van der Waals surface area contributed by atoms with Gasteiger partial charge in [-0.15, -0.1) is 0 Å². The summed E-state index contributed by atoms with van der Waals surface area (Å²) in [6, 6.07) is 2.43. The normalized spacial score (nSPS) is 32.9. The summed E-state index contributed by atoms with van der Waals surface area (Å²) in [6.07, 6.45) is -10.7. The predicted molar refractivity (Wildman–Crippen MR) is 130 cm³/mol. The smallest absolute Gasteiger partial charge is 0.387 e. The van der Waals surface area contributed by atoms with Crippen molar-refractivity contribution < 1.29 is 62.2 Å². The largest absolute Gasteiger partial charge is 0.481 e. The van der Waals surface area contributed by atoms with Crippen LogP contribution in [0.25, 0.3) is 0 Å². The van der Waals surface area contributed by atoms with E-state index < -0.39 is 89.3 Å². The fourth-order valence-electron chi connectivity index (χ4n) is 3.95. The molecule has 2 saturated heterocycles. The van der Waals surface area contributed by atoms with Crippen molar-refractivity contribution in [2.45, 2.75) is 49.1 Å². The van der Waals surface area contributed by atoms with E-state index in [1.165, 1.54) is 12.1 Å². The molecule has 0 amide bonds. The summed E-state index contributed by atoms with van der Waals surface area (Å²) in [7, 11) is -10.8. The zero-order valence-corrected chi connectivity index (χ0v) is 22.3. The zero-order valence-electron chi connectivity index (χ0n) is 20.5. The lowest BCUT2D eigenvalue weighted by Gasteiger charge is -2.20. The molecule has 0 aliphatic carbocycles. The Morgan fingerprint density at radius 1 is 0.756 bits per heavy atom. The van der Waals surface area contributed by atoms with Gasteiger partial charge in [-0.1, -0.05) is 0 Å². The average molecular weight is 628 g/mol. The third-order valence-corrected chi connectivity index (χ3v) is 8.54. The van der Waals surface area contributed by atoms with E-state index >= 15 is 0 Å². The van der Waals surface area contributed by atoms with E-state index in [0.29, 0.717) is 0 Å². The molecule has 2 fully saturated rings. The Morgan fingerprint density at radius 3 is 1.46 bits per heavy atom. The molecule has 2 aromatic rings. The van der Waals surface area contributed by atoms with Crippen LogP contribution in [0.3, 0.4) is 0 Å². The lowest BCUT2D eigenvalue weighted by Crippen LogP contribution is -2.36. The molecule has 0 bridgehead atoms. The zero-order chi connectivity index (χ0) is 30.3. The van der Waals surface area contributed by atoms with Crippen LogP contribution in [0.4, 0.5) is 11.6 Å². The highest BCUT2D eigenvalue weighted by molar-refractivity contribution is 7.61. The summed E-state index contributed by atoms with van der Waals surface area (Å²) >= 11 is 0. The van der Waals surface area contributed by atoms with Gasteiger partial charge < -0.3 is 51.2 Å². The number of hydrogen-bond donors (Lipinski definition) is 8. The van der Waals surface area contributed by atoms with E-state index in [4.69, 9.17) is 20.9 Å². The second kappa shape index (κ2) is 11.9. The van der Waals surface area contributed by atoms with Crippen molar-refractivity contribution >= 4 is 27.3 Å². The van der Waals surface area contributed by atoms with Gasteiger partial charge in [-0.25, -0.2) is 18.7 Å². The summed E-state index contributed by atoms with van der Waals surface area (Å²) < 4.78 is 50.2. The molecular weight excluding hydrogens is 602 g/mol. The molecule has 2 aliphatic rings. The number of rotatable bonds is 10. The number of aliphatic hydroxyl groups is 4. The lowest BCUT2D eigenvalue weighted by atomic mass is 10.1. The third kappa shape index (κ3) is 7.07. The summed E-state index contributed by atoms with van der Waals surface area (Å²) in [4.78, 5) is 50.7. The molecular formula is C18H26N6O15P2. The maximum atomic E-state index is 12.3. The average Bonchev–Trinajstić information content (AvgIpc) is 3.31. The molecule has 2 aromatic heterocycles. The van der Waals surface area contributed by atoms with E-state index in [2.05, 4.69) is 23.3 Å². The first-order chi connectivity index (χ1) is 19.1. The van der Waals surface area contributed by atoms with Crippen LogP contribution in [0, 0.1) is 0 Å². The van der Waals surface area contributed by atoms with E-state index in [1.807, 2.05) is 0 Å². The first-order valence-electron chi connectivity index (χ1n) is 11.5. The van der Waals surface area contributed by atoms with Crippen LogP contribution in [0.2, 0.25) is 0 Å². The monoisotopic (exact) mass is 628 g/mol. The minimum Gasteiger partial charge on any atom is -0.387 e. The molecule has 10 N–H and O–H groups in total. The van der Waals surface area contributed by atoms with Crippen LogP contribution in [0.1, 0.15) is 12.5 Å². The number of anilines is 2. The third-order valence-electron chi connectivity index (χ3n) is 5.94. The molecule has 0 aromatic carbocycles. The van der Waals surface area contributed by atoms with E-state index in [0.717, 1.165) is 21.5 Å². The van der Waals surface area contributed by atoms with Gasteiger partial charge in [-0.2, -0.15) is 14.3 Å². The number of nitrogens with two attached hydrogens (primary N) is 2. The minimum absolute atomic E-state index is 0.118. The highest BCUT2D eigenvalue weighted by atomic mass is 31.3. The Labute approximate surface area is 228 Å². The Morgan fingerprint density at radius 2 is 1.12 bits per heavy atom. The minimum atomic E-state index is -5.41. The van der Waals surface area contributed by atoms with Crippen LogP contribution in [0.5, 0.6) is 0 Å². The maximum absolute atomic E-state index is 12.3. The lowest BCUT2D eigenvalue weighted by molar-refractivity contribution is -0.0567. The number of nitrogen functional groups attached to an aromatic ring is 2. The summed E-state index contributed by atoms with van der Waals surface area (Å²) in [6.45, 7) is -1.94. The van der Waals surface area contributed by atoms with Gasteiger partial charge in [0.2, 0.25) is 0 Å². The van der Waals surface area contributed by atoms with Crippen LogP contribution in [-0.2, 0) is 32.0 Å². The van der Waals surface area contributed by atoms with Crippen LogP contribution < -0.4 is 22.8 Å². The van der Waals surface area contributed by atoms with Gasteiger partial charge in [0.15, 0.2) is 12.5 Å². The Hall–Kier alpha value is -2.62. The molecule has 41 heavy (non-hydrogen) atoms. The first-order valence-corrected chi connectivity index (χ1v) is 14.5. The number of nitrogens with zero attached hydrogens (tertiary/aromatic N) is 4. The number of aromatic nitrogens is 4. The Bertz CT molecular complexity index is 1360. The topological polar surface area (TPSA) is 323 Å². The van der Waals surface area contributed by atoms with Crippen molar-refractivity contribution in [3.05, 3.63) is 45.5 Å². The number of aliphatic hydroxyl groups excluding tert-OH is 4. The van der Waals surface area contributed by atoms with Crippen molar-refractivity contribution in [1.29, 1.82) is 0 Å². The second-order valence-corrected chi connectivity index (χ2v) is 11.8. The number of phosphoric acid groups is 2. The Balaban J connectivity index is 1.32. The summed E-state index contributed by atoms with van der Waals surface area (Å²) in [5.74, 6) is -0.236. The molecule has 4 rings (SSSR count). The molecule has 2 unspecified atom stereocenters. The molecule has 23 heteroatoms. The van der Waals surface area contributed by atoms with E-state index in [1.54, 1.807) is 0 Å². The van der Waals surface area contributed by atoms with Gasteiger partial charge >= 0.3 is 27.0 Å². The molecule has 0 radical (unpaired) electrons. The van der Waals surface area contributed by atoms with Gasteiger partial charge in [-0.05, 0) is 12.1 Å². The highest BCUT2D eigenvalue weighted by Gasteiger charge is 2.48. The van der Waals surface area contributed by atoms with Crippen LogP contribution in [-0.4, -0.2) is 99.2 Å². The predicted octanol–water partition coefficient (Wildman–Crippen LogP) is -3.85. The highest BCUT2D eigenvalue weighted by Crippen LogP contribution is 2.60. The number of phosphoric ester groups is 2. The van der Waals surface area contributed by atoms with Gasteiger partial charge in [0.25, 0.3) is 0 Å². The Kier molecular flexibility index (Phi) is 9.12. The molecule has 228 valence electrons. The van der Waals surface area contributed by atoms with E-state index in [9.17, 15) is 48.9 Å².